The van der Waals surface area contributed by atoms with Gasteiger partial charge in [0, 0.05) is 18.5 Å². The van der Waals surface area contributed by atoms with Gasteiger partial charge in [0.25, 0.3) is 0 Å². The first-order valence-corrected chi connectivity index (χ1v) is 5.31. The maximum absolute atomic E-state index is 12.7. The quantitative estimate of drug-likeness (QED) is 0.729. The normalized spacial score (nSPS) is 25.7. The molecule has 0 radical (unpaired) electrons. The van der Waals surface area contributed by atoms with Crippen LogP contribution in [-0.4, -0.2) is 18.2 Å². The number of hydrogen-bond acceptors (Lipinski definition) is 2. The van der Waals surface area contributed by atoms with Gasteiger partial charge in [0.2, 0.25) is 0 Å². The van der Waals surface area contributed by atoms with E-state index in [0.717, 1.165) is 31.5 Å². The van der Waals surface area contributed by atoms with Crippen LogP contribution in [0.4, 0.5) is 4.39 Å². The molecule has 0 bridgehead atoms. The zero-order valence-electron chi connectivity index (χ0n) is 8.46. The Kier molecular flexibility index (Phi) is 1.74. The van der Waals surface area contributed by atoms with E-state index in [1.54, 1.807) is 12.1 Å². The Balaban J connectivity index is 1.80. The van der Waals surface area contributed by atoms with Gasteiger partial charge in [-0.25, -0.2) is 4.39 Å². The molecule has 1 aliphatic heterocycles. The third-order valence-electron chi connectivity index (χ3n) is 3.72. The number of nitrogens with one attached hydrogen (secondary N) is 1. The highest BCUT2D eigenvalue weighted by Crippen LogP contribution is 2.55. The summed E-state index contributed by atoms with van der Waals surface area (Å²) in [6.45, 7) is 2.02. The second-order valence-corrected chi connectivity index (χ2v) is 5.00. The van der Waals surface area contributed by atoms with Crippen molar-refractivity contribution in [3.8, 4) is 0 Å². The molecule has 1 aliphatic carbocycles. The van der Waals surface area contributed by atoms with Gasteiger partial charge in [0.1, 0.15) is 5.82 Å². The average Bonchev–Trinajstić information content (AvgIpc) is 2.11. The third-order valence-corrected chi connectivity index (χ3v) is 3.72. The molecule has 1 spiro atoms. The molecule has 1 heterocycles. The number of rotatable bonds is 1. The predicted octanol–water partition coefficient (Wildman–Crippen LogP) is 1.40. The summed E-state index contributed by atoms with van der Waals surface area (Å²) in [7, 11) is 0. The van der Waals surface area contributed by atoms with Gasteiger partial charge < -0.3 is 10.4 Å². The Morgan fingerprint density at radius 3 is 2.20 bits per heavy atom. The molecule has 15 heavy (non-hydrogen) atoms. The van der Waals surface area contributed by atoms with E-state index in [1.807, 2.05) is 0 Å². The van der Waals surface area contributed by atoms with Gasteiger partial charge in [0.05, 0.1) is 5.60 Å². The molecule has 2 fully saturated rings. The van der Waals surface area contributed by atoms with Crippen molar-refractivity contribution in [2.45, 2.75) is 18.4 Å². The van der Waals surface area contributed by atoms with Crippen molar-refractivity contribution in [3.63, 3.8) is 0 Å². The molecule has 2 N–H and O–H groups in total. The van der Waals surface area contributed by atoms with Crippen molar-refractivity contribution in [2.24, 2.45) is 5.41 Å². The number of benzene rings is 1. The highest BCUT2D eigenvalue weighted by Gasteiger charge is 2.57. The summed E-state index contributed by atoms with van der Waals surface area (Å²) < 4.78 is 12.7. The second-order valence-electron chi connectivity index (χ2n) is 5.00. The smallest absolute Gasteiger partial charge is 0.123 e. The molecule has 0 unspecified atom stereocenters. The summed E-state index contributed by atoms with van der Waals surface area (Å²) in [5, 5.41) is 13.6. The summed E-state index contributed by atoms with van der Waals surface area (Å²) in [5.41, 5.74) is 0.459. The fourth-order valence-corrected chi connectivity index (χ4v) is 2.88. The summed E-state index contributed by atoms with van der Waals surface area (Å²) >= 11 is 0. The van der Waals surface area contributed by atoms with Crippen molar-refractivity contribution in [3.05, 3.63) is 35.6 Å². The second kappa shape index (κ2) is 2.80. The molecule has 1 aromatic carbocycles. The highest BCUT2D eigenvalue weighted by atomic mass is 19.1. The Morgan fingerprint density at radius 1 is 1.13 bits per heavy atom. The van der Waals surface area contributed by atoms with E-state index in [-0.39, 0.29) is 5.82 Å². The summed E-state index contributed by atoms with van der Waals surface area (Å²) in [6, 6.07) is 6.21. The van der Waals surface area contributed by atoms with E-state index >= 15 is 0 Å². The zero-order valence-corrected chi connectivity index (χ0v) is 8.46. The molecular formula is C12H14FNO. The summed E-state index contributed by atoms with van der Waals surface area (Å²) in [4.78, 5) is 0. The largest absolute Gasteiger partial charge is 0.385 e. The van der Waals surface area contributed by atoms with E-state index in [2.05, 4.69) is 5.32 Å². The van der Waals surface area contributed by atoms with Gasteiger partial charge in [-0.3, -0.25) is 0 Å². The van der Waals surface area contributed by atoms with Crippen molar-refractivity contribution in [1.82, 2.24) is 5.32 Å². The Bertz CT molecular complexity index is 375. The fraction of sp³-hybridized carbons (Fsp3) is 0.500. The maximum Gasteiger partial charge on any atom is 0.123 e. The zero-order chi connectivity index (χ0) is 10.5. The van der Waals surface area contributed by atoms with Crippen LogP contribution in [0.2, 0.25) is 0 Å². The first kappa shape index (κ1) is 9.31. The van der Waals surface area contributed by atoms with Crippen LogP contribution in [0.25, 0.3) is 0 Å². The average molecular weight is 207 g/mol. The lowest BCUT2D eigenvalue weighted by Gasteiger charge is -2.59. The summed E-state index contributed by atoms with van der Waals surface area (Å²) in [6.07, 6.45) is 1.61. The van der Waals surface area contributed by atoms with Gasteiger partial charge in [-0.05, 0) is 30.5 Å². The molecule has 0 amide bonds. The van der Waals surface area contributed by atoms with E-state index in [1.165, 1.54) is 12.1 Å². The van der Waals surface area contributed by atoms with Crippen molar-refractivity contribution < 1.29 is 9.50 Å². The van der Waals surface area contributed by atoms with Crippen LogP contribution in [-0.2, 0) is 5.60 Å². The fourth-order valence-electron chi connectivity index (χ4n) is 2.88. The number of aliphatic hydroxyl groups is 1. The van der Waals surface area contributed by atoms with Crippen LogP contribution in [0.3, 0.4) is 0 Å². The van der Waals surface area contributed by atoms with Gasteiger partial charge in [-0.15, -0.1) is 0 Å². The van der Waals surface area contributed by atoms with Gasteiger partial charge in [-0.1, -0.05) is 12.1 Å². The molecule has 3 heteroatoms. The monoisotopic (exact) mass is 207 g/mol. The predicted molar refractivity (Wildman–Crippen MR) is 54.8 cm³/mol. The van der Waals surface area contributed by atoms with Crippen LogP contribution in [0.1, 0.15) is 18.4 Å². The molecule has 80 valence electrons. The van der Waals surface area contributed by atoms with Gasteiger partial charge in [0.15, 0.2) is 0 Å². The van der Waals surface area contributed by atoms with Crippen molar-refractivity contribution in [1.29, 1.82) is 0 Å². The molecule has 0 aromatic heterocycles. The molecule has 3 rings (SSSR count). The first-order chi connectivity index (χ1) is 7.12. The molecular weight excluding hydrogens is 193 g/mol. The van der Waals surface area contributed by atoms with Crippen LogP contribution >= 0.6 is 0 Å². The minimum Gasteiger partial charge on any atom is -0.385 e. The van der Waals surface area contributed by atoms with Crippen LogP contribution in [0, 0.1) is 11.2 Å². The SMILES string of the molecule is OC1(c2ccc(F)cc2)CC2(CNC2)C1. The van der Waals surface area contributed by atoms with Gasteiger partial charge in [-0.2, -0.15) is 0 Å². The van der Waals surface area contributed by atoms with Crippen molar-refractivity contribution >= 4 is 0 Å². The molecule has 2 aliphatic rings. The van der Waals surface area contributed by atoms with Crippen LogP contribution in [0.15, 0.2) is 24.3 Å². The maximum atomic E-state index is 12.7. The van der Waals surface area contributed by atoms with E-state index < -0.39 is 5.60 Å². The Labute approximate surface area is 88.1 Å². The van der Waals surface area contributed by atoms with Crippen LogP contribution < -0.4 is 5.32 Å². The highest BCUT2D eigenvalue weighted by molar-refractivity contribution is 5.29. The van der Waals surface area contributed by atoms with Gasteiger partial charge >= 0.3 is 0 Å². The number of hydrogen-bond donors (Lipinski definition) is 2. The van der Waals surface area contributed by atoms with E-state index in [9.17, 15) is 9.50 Å². The summed E-state index contributed by atoms with van der Waals surface area (Å²) in [5.74, 6) is -0.248. The third kappa shape index (κ3) is 1.30. The first-order valence-electron chi connectivity index (χ1n) is 5.31. The van der Waals surface area contributed by atoms with E-state index in [4.69, 9.17) is 0 Å². The molecule has 1 saturated carbocycles. The lowest BCUT2D eigenvalue weighted by atomic mass is 9.54. The minimum atomic E-state index is -0.712. The van der Waals surface area contributed by atoms with Crippen LogP contribution in [0.5, 0.6) is 0 Å². The van der Waals surface area contributed by atoms with E-state index in [0.29, 0.717) is 5.41 Å². The molecule has 0 atom stereocenters. The topological polar surface area (TPSA) is 32.3 Å². The Morgan fingerprint density at radius 2 is 1.73 bits per heavy atom. The van der Waals surface area contributed by atoms with Crippen molar-refractivity contribution in [2.75, 3.05) is 13.1 Å². The minimum absolute atomic E-state index is 0.248. The molecule has 2 nitrogen and oxygen atoms in total. The number of halogens is 1. The Hall–Kier alpha value is -0.930. The lowest BCUT2D eigenvalue weighted by molar-refractivity contribution is -0.155. The standard InChI is InChI=1S/C12H14FNO/c13-10-3-1-9(2-4-10)12(15)5-11(6-12)7-14-8-11/h1-4,14-15H,5-8H2. The molecule has 1 saturated heterocycles. The lowest BCUT2D eigenvalue weighted by Crippen LogP contribution is -2.65. The molecule has 1 aromatic rings.